The molecule has 110 valence electrons. The minimum absolute atomic E-state index is 0.165. The zero-order chi connectivity index (χ0) is 15.2. The van der Waals surface area contributed by atoms with E-state index in [0.29, 0.717) is 19.0 Å². The van der Waals surface area contributed by atoms with Crippen LogP contribution in [-0.2, 0) is 4.74 Å². The van der Waals surface area contributed by atoms with Gasteiger partial charge in [0.05, 0.1) is 12.2 Å². The lowest BCUT2D eigenvalue weighted by Crippen LogP contribution is -2.28. The van der Waals surface area contributed by atoms with Crippen molar-refractivity contribution >= 4 is 11.7 Å². The highest BCUT2D eigenvalue weighted by molar-refractivity contribution is 5.98. The largest absolute Gasteiger partial charge is 0.383 e. The number of nitrogens with two attached hydrogens (primary N) is 1. The summed E-state index contributed by atoms with van der Waals surface area (Å²) in [5.41, 5.74) is 8.09. The molecule has 2 aromatic rings. The second-order valence-corrected chi connectivity index (χ2v) is 4.56. The number of aryl methyl sites for hydroxylation is 1. The van der Waals surface area contributed by atoms with Crippen molar-refractivity contribution in [1.29, 1.82) is 0 Å². The van der Waals surface area contributed by atoms with Gasteiger partial charge in [-0.2, -0.15) is 0 Å². The highest BCUT2D eigenvalue weighted by atomic mass is 16.5. The Morgan fingerprint density at radius 2 is 2.14 bits per heavy atom. The molecule has 1 heterocycles. The molecule has 6 heteroatoms. The van der Waals surface area contributed by atoms with Crippen LogP contribution in [0.3, 0.4) is 0 Å². The maximum absolute atomic E-state index is 11.9. The van der Waals surface area contributed by atoms with E-state index in [0.717, 1.165) is 11.1 Å². The molecule has 2 rings (SSSR count). The van der Waals surface area contributed by atoms with Gasteiger partial charge in [0.15, 0.2) is 5.82 Å². The number of nitrogens with zero attached hydrogens (tertiary/aromatic N) is 2. The topological polar surface area (TPSA) is 90.1 Å². The molecule has 1 aromatic carbocycles. The fourth-order valence-electron chi connectivity index (χ4n) is 1.89. The Morgan fingerprint density at radius 1 is 1.38 bits per heavy atom. The molecule has 0 atom stereocenters. The van der Waals surface area contributed by atoms with Crippen molar-refractivity contribution in [3.8, 4) is 11.4 Å². The van der Waals surface area contributed by atoms with Crippen LogP contribution in [0.15, 0.2) is 30.5 Å². The first-order chi connectivity index (χ1) is 10.1. The third-order valence-corrected chi connectivity index (χ3v) is 3.04. The molecule has 1 aromatic heterocycles. The van der Waals surface area contributed by atoms with E-state index < -0.39 is 0 Å². The molecule has 0 saturated carbocycles. The molecular weight excluding hydrogens is 268 g/mol. The maximum Gasteiger partial charge on any atom is 0.256 e. The van der Waals surface area contributed by atoms with Crippen molar-refractivity contribution in [2.45, 2.75) is 6.92 Å². The Kier molecular flexibility index (Phi) is 4.84. The number of carbonyl (C=O) groups excluding carboxylic acids is 1. The van der Waals surface area contributed by atoms with Gasteiger partial charge in [0, 0.05) is 25.4 Å². The average Bonchev–Trinajstić information content (AvgIpc) is 2.47. The highest BCUT2D eigenvalue weighted by Gasteiger charge is 2.13. The fraction of sp³-hybridized carbons (Fsp3) is 0.267. The summed E-state index contributed by atoms with van der Waals surface area (Å²) in [7, 11) is 1.57. The molecule has 0 bridgehead atoms. The lowest BCUT2D eigenvalue weighted by Gasteiger charge is -2.09. The van der Waals surface area contributed by atoms with Gasteiger partial charge in [0.2, 0.25) is 0 Å². The molecule has 6 nitrogen and oxygen atoms in total. The van der Waals surface area contributed by atoms with Crippen LogP contribution >= 0.6 is 0 Å². The zero-order valence-corrected chi connectivity index (χ0v) is 12.1. The number of nitrogens with one attached hydrogen (secondary N) is 1. The van der Waals surface area contributed by atoms with Gasteiger partial charge in [-0.1, -0.05) is 24.3 Å². The predicted octanol–water partition coefficient (Wildman–Crippen LogP) is 1.41. The molecule has 1 amide bonds. The lowest BCUT2D eigenvalue weighted by molar-refractivity contribution is 0.0937. The van der Waals surface area contributed by atoms with Crippen LogP contribution in [0, 0.1) is 6.92 Å². The van der Waals surface area contributed by atoms with Gasteiger partial charge in [-0.3, -0.25) is 4.79 Å². The van der Waals surface area contributed by atoms with E-state index >= 15 is 0 Å². The third kappa shape index (κ3) is 3.55. The fourth-order valence-corrected chi connectivity index (χ4v) is 1.89. The van der Waals surface area contributed by atoms with Crippen LogP contribution in [0.5, 0.6) is 0 Å². The first-order valence-electron chi connectivity index (χ1n) is 6.59. The smallest absolute Gasteiger partial charge is 0.256 e. The number of nitrogen functional groups attached to an aromatic ring is 1. The van der Waals surface area contributed by atoms with Gasteiger partial charge < -0.3 is 15.8 Å². The van der Waals surface area contributed by atoms with Crippen LogP contribution in [0.2, 0.25) is 0 Å². The average molecular weight is 286 g/mol. The number of methoxy groups -OCH3 is 1. The molecule has 0 radical (unpaired) electrons. The SMILES string of the molecule is COCCNC(=O)c1cnc(-c2ccccc2C)nc1N. The van der Waals surface area contributed by atoms with E-state index in [1.54, 1.807) is 7.11 Å². The molecule has 3 N–H and O–H groups in total. The minimum atomic E-state index is -0.305. The quantitative estimate of drug-likeness (QED) is 0.811. The molecule has 0 fully saturated rings. The molecule has 0 unspecified atom stereocenters. The number of amides is 1. The van der Waals surface area contributed by atoms with Crippen LogP contribution in [0.25, 0.3) is 11.4 Å². The number of benzene rings is 1. The van der Waals surface area contributed by atoms with Crippen LogP contribution < -0.4 is 11.1 Å². The summed E-state index contributed by atoms with van der Waals surface area (Å²) in [6.07, 6.45) is 1.45. The molecule has 21 heavy (non-hydrogen) atoms. The van der Waals surface area contributed by atoms with Crippen LogP contribution in [0.4, 0.5) is 5.82 Å². The Labute approximate surface area is 123 Å². The number of carbonyl (C=O) groups is 1. The van der Waals surface area contributed by atoms with Crippen molar-refractivity contribution in [3.05, 3.63) is 41.6 Å². The van der Waals surface area contributed by atoms with Gasteiger partial charge in [0.1, 0.15) is 5.82 Å². The number of anilines is 1. The first kappa shape index (κ1) is 14.9. The van der Waals surface area contributed by atoms with Crippen molar-refractivity contribution in [3.63, 3.8) is 0 Å². The van der Waals surface area contributed by atoms with Gasteiger partial charge in [-0.15, -0.1) is 0 Å². The van der Waals surface area contributed by atoms with Gasteiger partial charge in [0.25, 0.3) is 5.91 Å². The van der Waals surface area contributed by atoms with E-state index in [9.17, 15) is 4.79 Å². The van der Waals surface area contributed by atoms with Gasteiger partial charge in [-0.25, -0.2) is 9.97 Å². The van der Waals surface area contributed by atoms with Gasteiger partial charge >= 0.3 is 0 Å². The maximum atomic E-state index is 11.9. The van der Waals surface area contributed by atoms with E-state index in [-0.39, 0.29) is 17.3 Å². The van der Waals surface area contributed by atoms with E-state index in [2.05, 4.69) is 15.3 Å². The number of rotatable bonds is 5. The summed E-state index contributed by atoms with van der Waals surface area (Å²) in [5, 5.41) is 2.69. The van der Waals surface area contributed by atoms with E-state index in [1.807, 2.05) is 31.2 Å². The molecule has 0 aliphatic heterocycles. The normalized spacial score (nSPS) is 10.4. The second kappa shape index (κ2) is 6.81. The lowest BCUT2D eigenvalue weighted by atomic mass is 10.1. The van der Waals surface area contributed by atoms with Crippen molar-refractivity contribution in [2.24, 2.45) is 0 Å². The molecule has 0 aliphatic rings. The summed E-state index contributed by atoms with van der Waals surface area (Å²) in [6.45, 7) is 2.82. The monoisotopic (exact) mass is 286 g/mol. The molecular formula is C15H18N4O2. The molecule has 0 aliphatic carbocycles. The number of hydrogen-bond donors (Lipinski definition) is 2. The van der Waals surface area contributed by atoms with Crippen molar-refractivity contribution in [2.75, 3.05) is 26.0 Å². The van der Waals surface area contributed by atoms with Gasteiger partial charge in [-0.05, 0) is 12.5 Å². The third-order valence-electron chi connectivity index (χ3n) is 3.04. The predicted molar refractivity (Wildman–Crippen MR) is 80.8 cm³/mol. The second-order valence-electron chi connectivity index (χ2n) is 4.56. The molecule has 0 spiro atoms. The standard InChI is InChI=1S/C15H18N4O2/c1-10-5-3-4-6-11(10)14-18-9-12(13(16)19-14)15(20)17-7-8-21-2/h3-6,9H,7-8H2,1-2H3,(H,17,20)(H2,16,18,19). The summed E-state index contributed by atoms with van der Waals surface area (Å²) in [4.78, 5) is 20.4. The number of hydrogen-bond acceptors (Lipinski definition) is 5. The summed E-state index contributed by atoms with van der Waals surface area (Å²) >= 11 is 0. The Balaban J connectivity index is 2.22. The Bertz CT molecular complexity index is 643. The minimum Gasteiger partial charge on any atom is -0.383 e. The molecule has 0 saturated heterocycles. The van der Waals surface area contributed by atoms with Crippen LogP contribution in [-0.4, -0.2) is 36.1 Å². The zero-order valence-electron chi connectivity index (χ0n) is 12.1. The first-order valence-corrected chi connectivity index (χ1v) is 6.59. The van der Waals surface area contributed by atoms with E-state index in [4.69, 9.17) is 10.5 Å². The Morgan fingerprint density at radius 3 is 2.81 bits per heavy atom. The number of ether oxygens (including phenoxy) is 1. The Hall–Kier alpha value is -2.47. The van der Waals surface area contributed by atoms with Crippen molar-refractivity contribution < 1.29 is 9.53 Å². The summed E-state index contributed by atoms with van der Waals surface area (Å²) in [5.74, 6) is 0.373. The summed E-state index contributed by atoms with van der Waals surface area (Å²) < 4.78 is 4.87. The highest BCUT2D eigenvalue weighted by Crippen LogP contribution is 2.20. The van der Waals surface area contributed by atoms with E-state index in [1.165, 1.54) is 6.20 Å². The van der Waals surface area contributed by atoms with Crippen LogP contribution in [0.1, 0.15) is 15.9 Å². The number of aromatic nitrogens is 2. The summed E-state index contributed by atoms with van der Waals surface area (Å²) in [6, 6.07) is 7.75. The van der Waals surface area contributed by atoms with Crippen molar-refractivity contribution in [1.82, 2.24) is 15.3 Å².